The first-order valence-electron chi connectivity index (χ1n) is 10.7. The highest BCUT2D eigenvalue weighted by Gasteiger charge is 2.21. The molecule has 1 fully saturated rings. The quantitative estimate of drug-likeness (QED) is 0.469. The van der Waals surface area contributed by atoms with E-state index in [1.54, 1.807) is 0 Å². The lowest BCUT2D eigenvalue weighted by atomic mass is 10.2. The Kier molecular flexibility index (Phi) is 5.47. The molecule has 2 N–H and O–H groups in total. The first-order chi connectivity index (χ1) is 16.0. The first kappa shape index (κ1) is 21.0. The number of amides is 2. The summed E-state index contributed by atoms with van der Waals surface area (Å²) in [6, 6.07) is 19.4. The predicted octanol–water partition coefficient (Wildman–Crippen LogP) is 4.45. The number of nitrogens with zero attached hydrogens (tertiary/aromatic N) is 4. The van der Waals surface area contributed by atoms with E-state index in [9.17, 15) is 9.59 Å². The molecule has 33 heavy (non-hydrogen) atoms. The predicted molar refractivity (Wildman–Crippen MR) is 130 cm³/mol. The van der Waals surface area contributed by atoms with Crippen molar-refractivity contribution in [3.63, 3.8) is 0 Å². The molecule has 0 spiro atoms. The standard InChI is InChI=1S/C24H23N5O3S/c1-16-20-15-21(33-23(20)29(26-16)19-5-3-2-4-6-19)22(30)25-17-7-9-18(10-8-17)27-11-13-28(14-12-27)24(31)32/h2-10,15H,11-14H2,1H3,(H,25,30)(H,31,32). The van der Waals surface area contributed by atoms with Gasteiger partial charge < -0.3 is 20.2 Å². The van der Waals surface area contributed by atoms with Crippen molar-refractivity contribution in [2.75, 3.05) is 36.4 Å². The Bertz CT molecular complexity index is 1310. The molecule has 0 unspecified atom stereocenters. The first-order valence-corrected chi connectivity index (χ1v) is 11.5. The normalized spacial score (nSPS) is 14.0. The number of fused-ring (bicyclic) bond motifs is 1. The number of hydrogen-bond acceptors (Lipinski definition) is 5. The Morgan fingerprint density at radius 1 is 0.970 bits per heavy atom. The van der Waals surface area contributed by atoms with Crippen LogP contribution in [0.2, 0.25) is 0 Å². The molecule has 0 atom stereocenters. The molecule has 5 rings (SSSR count). The van der Waals surface area contributed by atoms with Crippen LogP contribution in [-0.4, -0.2) is 58.0 Å². The average Bonchev–Trinajstić information content (AvgIpc) is 3.41. The minimum Gasteiger partial charge on any atom is -0.465 e. The molecular formula is C24H23N5O3S. The summed E-state index contributed by atoms with van der Waals surface area (Å²) in [7, 11) is 0. The van der Waals surface area contributed by atoms with E-state index < -0.39 is 6.09 Å². The van der Waals surface area contributed by atoms with Crippen LogP contribution in [0.25, 0.3) is 15.9 Å². The number of carbonyl (C=O) groups is 2. The van der Waals surface area contributed by atoms with Crippen LogP contribution in [0.4, 0.5) is 16.2 Å². The molecule has 1 saturated heterocycles. The van der Waals surface area contributed by atoms with E-state index in [4.69, 9.17) is 5.11 Å². The molecule has 0 aliphatic carbocycles. The lowest BCUT2D eigenvalue weighted by Gasteiger charge is -2.34. The van der Waals surface area contributed by atoms with E-state index in [1.807, 2.05) is 72.3 Å². The second-order valence-electron chi connectivity index (χ2n) is 7.92. The van der Waals surface area contributed by atoms with Gasteiger partial charge >= 0.3 is 6.09 Å². The second kappa shape index (κ2) is 8.59. The molecule has 9 heteroatoms. The summed E-state index contributed by atoms with van der Waals surface area (Å²) in [5.74, 6) is -0.155. The minimum atomic E-state index is -0.874. The average molecular weight is 462 g/mol. The van der Waals surface area contributed by atoms with Crippen molar-refractivity contribution in [2.45, 2.75) is 6.92 Å². The number of thiophene rings is 1. The highest BCUT2D eigenvalue weighted by molar-refractivity contribution is 7.20. The molecule has 0 bridgehead atoms. The van der Waals surface area contributed by atoms with Crippen molar-refractivity contribution in [1.82, 2.24) is 14.7 Å². The van der Waals surface area contributed by atoms with Crippen molar-refractivity contribution >= 4 is 44.9 Å². The Morgan fingerprint density at radius 3 is 2.33 bits per heavy atom. The van der Waals surface area contributed by atoms with Crippen LogP contribution < -0.4 is 10.2 Å². The van der Waals surface area contributed by atoms with Gasteiger partial charge in [0, 0.05) is 42.9 Å². The van der Waals surface area contributed by atoms with Crippen molar-refractivity contribution in [3.05, 3.63) is 71.2 Å². The molecule has 3 heterocycles. The van der Waals surface area contributed by atoms with Gasteiger partial charge in [0.25, 0.3) is 5.91 Å². The smallest absolute Gasteiger partial charge is 0.407 e. The van der Waals surface area contributed by atoms with Crippen molar-refractivity contribution < 1.29 is 14.7 Å². The van der Waals surface area contributed by atoms with Gasteiger partial charge in [-0.05, 0) is 49.4 Å². The van der Waals surface area contributed by atoms with Crippen LogP contribution in [0.1, 0.15) is 15.4 Å². The maximum absolute atomic E-state index is 12.9. The van der Waals surface area contributed by atoms with Gasteiger partial charge in [0.05, 0.1) is 16.3 Å². The Morgan fingerprint density at radius 2 is 1.67 bits per heavy atom. The highest BCUT2D eigenvalue weighted by atomic mass is 32.1. The molecule has 8 nitrogen and oxygen atoms in total. The topological polar surface area (TPSA) is 90.7 Å². The van der Waals surface area contributed by atoms with Crippen LogP contribution in [0.15, 0.2) is 60.7 Å². The number of rotatable bonds is 4. The molecular weight excluding hydrogens is 438 g/mol. The number of anilines is 2. The number of aromatic nitrogens is 2. The van der Waals surface area contributed by atoms with E-state index in [1.165, 1.54) is 16.2 Å². The molecule has 0 radical (unpaired) electrons. The molecule has 1 aliphatic rings. The van der Waals surface area contributed by atoms with E-state index >= 15 is 0 Å². The lowest BCUT2D eigenvalue weighted by Crippen LogP contribution is -2.48. The third-order valence-electron chi connectivity index (χ3n) is 5.81. The number of aryl methyl sites for hydroxylation is 1. The van der Waals surface area contributed by atoms with Gasteiger partial charge in [0.15, 0.2) is 0 Å². The van der Waals surface area contributed by atoms with Crippen LogP contribution in [-0.2, 0) is 0 Å². The van der Waals surface area contributed by atoms with Gasteiger partial charge in [0.2, 0.25) is 0 Å². The van der Waals surface area contributed by atoms with Gasteiger partial charge in [-0.15, -0.1) is 11.3 Å². The van der Waals surface area contributed by atoms with E-state index in [-0.39, 0.29) is 5.91 Å². The fourth-order valence-corrected chi connectivity index (χ4v) is 5.09. The van der Waals surface area contributed by atoms with E-state index in [0.29, 0.717) is 36.7 Å². The van der Waals surface area contributed by atoms with E-state index in [2.05, 4.69) is 15.3 Å². The van der Waals surface area contributed by atoms with Gasteiger partial charge in [0.1, 0.15) is 4.83 Å². The third kappa shape index (κ3) is 4.14. The van der Waals surface area contributed by atoms with Crippen LogP contribution >= 0.6 is 11.3 Å². The summed E-state index contributed by atoms with van der Waals surface area (Å²) in [6.07, 6.45) is -0.874. The molecule has 4 aromatic rings. The zero-order chi connectivity index (χ0) is 22.9. The number of benzene rings is 2. The molecule has 2 aromatic heterocycles. The zero-order valence-corrected chi connectivity index (χ0v) is 18.9. The van der Waals surface area contributed by atoms with Crippen molar-refractivity contribution in [3.8, 4) is 5.69 Å². The number of piperazine rings is 1. The third-order valence-corrected chi connectivity index (χ3v) is 6.92. The SMILES string of the molecule is Cc1nn(-c2ccccc2)c2sc(C(=O)Nc3ccc(N4CCN(C(=O)O)CC4)cc3)cc12. The summed E-state index contributed by atoms with van der Waals surface area (Å²) < 4.78 is 1.88. The van der Waals surface area contributed by atoms with Gasteiger partial charge in [-0.2, -0.15) is 5.10 Å². The lowest BCUT2D eigenvalue weighted by molar-refractivity contribution is 0.103. The molecule has 1 aliphatic heterocycles. The van der Waals surface area contributed by atoms with Crippen molar-refractivity contribution in [2.24, 2.45) is 0 Å². The fraction of sp³-hybridized carbons (Fsp3) is 0.208. The Labute approximate surface area is 194 Å². The summed E-state index contributed by atoms with van der Waals surface area (Å²) in [6.45, 7) is 4.22. The Hall–Kier alpha value is -3.85. The minimum absolute atomic E-state index is 0.155. The summed E-state index contributed by atoms with van der Waals surface area (Å²) in [5.41, 5.74) is 3.57. The van der Waals surface area contributed by atoms with Crippen LogP contribution in [0.5, 0.6) is 0 Å². The molecule has 0 saturated carbocycles. The molecule has 168 valence electrons. The number of carbonyl (C=O) groups excluding carboxylic acids is 1. The van der Waals surface area contributed by atoms with Gasteiger partial charge in [-0.3, -0.25) is 4.79 Å². The number of nitrogens with one attached hydrogen (secondary N) is 1. The van der Waals surface area contributed by atoms with Crippen molar-refractivity contribution in [1.29, 1.82) is 0 Å². The summed E-state index contributed by atoms with van der Waals surface area (Å²) in [5, 5.41) is 17.7. The summed E-state index contributed by atoms with van der Waals surface area (Å²) >= 11 is 1.42. The Balaban J connectivity index is 1.29. The zero-order valence-electron chi connectivity index (χ0n) is 18.1. The van der Waals surface area contributed by atoms with Crippen LogP contribution in [0.3, 0.4) is 0 Å². The molecule has 2 aromatic carbocycles. The largest absolute Gasteiger partial charge is 0.465 e. The monoisotopic (exact) mass is 461 g/mol. The second-order valence-corrected chi connectivity index (χ2v) is 8.95. The fourth-order valence-electron chi connectivity index (χ4n) is 4.01. The van der Waals surface area contributed by atoms with E-state index in [0.717, 1.165) is 27.3 Å². The number of para-hydroxylation sites is 1. The number of carboxylic acid groups (broad SMARTS) is 1. The van der Waals surface area contributed by atoms with Gasteiger partial charge in [-0.1, -0.05) is 18.2 Å². The number of hydrogen-bond donors (Lipinski definition) is 2. The maximum atomic E-state index is 12.9. The maximum Gasteiger partial charge on any atom is 0.407 e. The highest BCUT2D eigenvalue weighted by Crippen LogP contribution is 2.31. The van der Waals surface area contributed by atoms with Crippen LogP contribution in [0, 0.1) is 6.92 Å². The van der Waals surface area contributed by atoms with Gasteiger partial charge in [-0.25, -0.2) is 9.48 Å². The summed E-state index contributed by atoms with van der Waals surface area (Å²) in [4.78, 5) is 29.1. The molecule has 2 amide bonds.